The highest BCUT2D eigenvalue weighted by Crippen LogP contribution is 2.33. The molecule has 1 aromatic heterocycles. The van der Waals surface area contributed by atoms with Crippen LogP contribution >= 0.6 is 0 Å². The number of aromatic nitrogens is 1. The summed E-state index contributed by atoms with van der Waals surface area (Å²) in [7, 11) is 0. The van der Waals surface area contributed by atoms with Gasteiger partial charge in [-0.2, -0.15) is 26.3 Å². The molecule has 1 saturated heterocycles. The molecule has 0 amide bonds. The lowest BCUT2D eigenvalue weighted by atomic mass is 9.85. The van der Waals surface area contributed by atoms with E-state index in [1.165, 1.54) is 6.07 Å². The van der Waals surface area contributed by atoms with Crippen molar-refractivity contribution < 1.29 is 49.4 Å². The molecule has 2 aromatic rings. The largest absolute Gasteiger partial charge is 0.490 e. The van der Waals surface area contributed by atoms with Crippen molar-refractivity contribution >= 4 is 11.8 Å². The lowest BCUT2D eigenvalue weighted by Crippen LogP contribution is -2.48. The number of nitrogens with two attached hydrogens (primary N) is 1. The van der Waals surface area contributed by atoms with E-state index in [9.17, 15) is 39.5 Å². The third kappa shape index (κ3) is 6.73. The molecular weight excluding hydrogens is 473 g/mol. The third-order valence-electron chi connectivity index (χ3n) is 4.74. The van der Waals surface area contributed by atoms with Crippen LogP contribution in [0.15, 0.2) is 30.5 Å². The van der Waals surface area contributed by atoms with Crippen molar-refractivity contribution in [3.63, 3.8) is 0 Å². The minimum absolute atomic E-state index is 0.00331. The van der Waals surface area contributed by atoms with E-state index in [1.807, 2.05) is 0 Å². The molecule has 1 aliphatic heterocycles. The van der Waals surface area contributed by atoms with Crippen LogP contribution < -0.4 is 10.6 Å². The molecule has 0 spiro atoms. The molecule has 33 heavy (non-hydrogen) atoms. The van der Waals surface area contributed by atoms with Crippen LogP contribution in [0.1, 0.15) is 23.5 Å². The number of hydrogen-bond donors (Lipinski definition) is 2. The standard InChI is InChI=1S/C17H15F6N3.C2HF3O2/c18-12-6-14(20)13(19)5-11(12)10-3-4-26(8-15(10)24)16-2-1-9(7-25-16)17(21,22)23;3-2(4,5)1(6)7/h1-2,5-7,10,15H,3-4,8,24H2;(H,6,7)/t10-,15+;/m1./s1. The second kappa shape index (κ2) is 9.85. The molecule has 0 aliphatic carbocycles. The van der Waals surface area contributed by atoms with Gasteiger partial charge in [0.1, 0.15) is 11.6 Å². The Bertz CT molecular complexity index is 978. The number of piperidine rings is 1. The molecule has 3 rings (SSSR count). The van der Waals surface area contributed by atoms with Gasteiger partial charge in [-0.25, -0.2) is 22.9 Å². The molecule has 0 unspecified atom stereocenters. The molecular formula is C19H16F9N3O2. The Kier molecular flexibility index (Phi) is 7.83. The first-order valence-corrected chi connectivity index (χ1v) is 9.09. The van der Waals surface area contributed by atoms with Gasteiger partial charge in [0.2, 0.25) is 0 Å². The van der Waals surface area contributed by atoms with Crippen LogP contribution in [0.4, 0.5) is 45.3 Å². The molecule has 0 bridgehead atoms. The van der Waals surface area contributed by atoms with Gasteiger partial charge >= 0.3 is 18.3 Å². The number of aliphatic carboxylic acids is 1. The first kappa shape index (κ1) is 26.2. The fourth-order valence-electron chi connectivity index (χ4n) is 3.14. The second-order valence-corrected chi connectivity index (χ2v) is 7.00. The summed E-state index contributed by atoms with van der Waals surface area (Å²) in [5, 5.41) is 7.12. The molecule has 1 aromatic carbocycles. The van der Waals surface area contributed by atoms with Gasteiger partial charge in [-0.15, -0.1) is 0 Å². The van der Waals surface area contributed by atoms with Crippen molar-refractivity contribution in [1.29, 1.82) is 0 Å². The van der Waals surface area contributed by atoms with Crippen LogP contribution in [-0.4, -0.2) is 41.4 Å². The molecule has 3 N–H and O–H groups in total. The van der Waals surface area contributed by atoms with E-state index in [0.29, 0.717) is 24.8 Å². The van der Waals surface area contributed by atoms with Gasteiger partial charge in [0.05, 0.1) is 5.56 Å². The van der Waals surface area contributed by atoms with Gasteiger partial charge in [-0.05, 0) is 30.2 Å². The average molecular weight is 489 g/mol. The third-order valence-corrected chi connectivity index (χ3v) is 4.74. The number of carboxylic acids is 1. The first-order valence-electron chi connectivity index (χ1n) is 9.09. The van der Waals surface area contributed by atoms with Crippen molar-refractivity contribution in [2.45, 2.75) is 30.7 Å². The number of carbonyl (C=O) groups is 1. The van der Waals surface area contributed by atoms with E-state index in [0.717, 1.165) is 18.3 Å². The zero-order valence-electron chi connectivity index (χ0n) is 16.4. The quantitative estimate of drug-likeness (QED) is 0.481. The highest BCUT2D eigenvalue weighted by molar-refractivity contribution is 5.73. The number of anilines is 1. The number of hydrogen-bond acceptors (Lipinski definition) is 4. The van der Waals surface area contributed by atoms with Gasteiger partial charge in [-0.1, -0.05) is 0 Å². The molecule has 182 valence electrons. The Morgan fingerprint density at radius 1 is 1.03 bits per heavy atom. The SMILES string of the molecule is N[C@H]1CN(c2ccc(C(F)(F)F)cn2)CC[C@@H]1c1cc(F)c(F)cc1F.O=C(O)C(F)(F)F. The molecule has 14 heteroatoms. The summed E-state index contributed by atoms with van der Waals surface area (Å²) < 4.78 is 110. The van der Waals surface area contributed by atoms with E-state index in [2.05, 4.69) is 4.98 Å². The number of pyridine rings is 1. The summed E-state index contributed by atoms with van der Waals surface area (Å²) in [5.74, 6) is -6.27. The summed E-state index contributed by atoms with van der Waals surface area (Å²) in [5.41, 5.74) is 5.20. The number of rotatable bonds is 2. The lowest BCUT2D eigenvalue weighted by molar-refractivity contribution is -0.192. The Morgan fingerprint density at radius 3 is 2.06 bits per heavy atom. The Labute approximate surface area is 180 Å². The van der Waals surface area contributed by atoms with Crippen LogP contribution in [0.2, 0.25) is 0 Å². The number of nitrogens with zero attached hydrogens (tertiary/aromatic N) is 2. The maximum atomic E-state index is 14.0. The lowest BCUT2D eigenvalue weighted by Gasteiger charge is -2.37. The van der Waals surface area contributed by atoms with Crippen LogP contribution in [-0.2, 0) is 11.0 Å². The summed E-state index contributed by atoms with van der Waals surface area (Å²) in [6, 6.07) is 2.85. The monoisotopic (exact) mass is 489 g/mol. The highest BCUT2D eigenvalue weighted by atomic mass is 19.4. The summed E-state index contributed by atoms with van der Waals surface area (Å²) in [4.78, 5) is 14.4. The van der Waals surface area contributed by atoms with Crippen molar-refractivity contribution in [2.75, 3.05) is 18.0 Å². The van der Waals surface area contributed by atoms with Gasteiger partial charge in [0.15, 0.2) is 11.6 Å². The zero-order chi connectivity index (χ0) is 25.1. The Hall–Kier alpha value is -3.03. The Morgan fingerprint density at radius 2 is 1.61 bits per heavy atom. The predicted molar refractivity (Wildman–Crippen MR) is 96.8 cm³/mol. The molecule has 5 nitrogen and oxygen atoms in total. The molecule has 0 radical (unpaired) electrons. The zero-order valence-corrected chi connectivity index (χ0v) is 16.4. The highest BCUT2D eigenvalue weighted by Gasteiger charge is 2.38. The minimum Gasteiger partial charge on any atom is -0.475 e. The smallest absolute Gasteiger partial charge is 0.475 e. The average Bonchev–Trinajstić information content (AvgIpc) is 2.70. The molecule has 1 aliphatic rings. The maximum Gasteiger partial charge on any atom is 0.490 e. The normalized spacial score (nSPS) is 19.0. The van der Waals surface area contributed by atoms with Gasteiger partial charge in [0.25, 0.3) is 0 Å². The fourth-order valence-corrected chi connectivity index (χ4v) is 3.14. The van der Waals surface area contributed by atoms with E-state index in [-0.39, 0.29) is 12.1 Å². The van der Waals surface area contributed by atoms with Crippen LogP contribution in [0.3, 0.4) is 0 Å². The van der Waals surface area contributed by atoms with Crippen LogP contribution in [0, 0.1) is 17.5 Å². The van der Waals surface area contributed by atoms with E-state index in [1.54, 1.807) is 4.90 Å². The van der Waals surface area contributed by atoms with Gasteiger partial charge in [-0.3, -0.25) is 0 Å². The second-order valence-electron chi connectivity index (χ2n) is 7.00. The van der Waals surface area contributed by atoms with Crippen molar-refractivity contribution in [1.82, 2.24) is 4.98 Å². The van der Waals surface area contributed by atoms with Gasteiger partial charge < -0.3 is 15.7 Å². The van der Waals surface area contributed by atoms with E-state index >= 15 is 0 Å². The van der Waals surface area contributed by atoms with Crippen molar-refractivity contribution in [3.8, 4) is 0 Å². The van der Waals surface area contributed by atoms with E-state index in [4.69, 9.17) is 15.6 Å². The molecule has 2 heterocycles. The number of halogens is 9. The minimum atomic E-state index is -5.08. The maximum absolute atomic E-state index is 14.0. The van der Waals surface area contributed by atoms with Crippen molar-refractivity contribution in [3.05, 3.63) is 59.0 Å². The van der Waals surface area contributed by atoms with Crippen LogP contribution in [0.5, 0.6) is 0 Å². The van der Waals surface area contributed by atoms with E-state index < -0.39 is 53.3 Å². The number of alkyl halides is 6. The van der Waals surface area contributed by atoms with Gasteiger partial charge in [0, 0.05) is 37.3 Å². The predicted octanol–water partition coefficient (Wildman–Crippen LogP) is 4.47. The summed E-state index contributed by atoms with van der Waals surface area (Å²) in [6.45, 7) is 0.538. The number of benzene rings is 1. The number of carboxylic acid groups (broad SMARTS) is 1. The summed E-state index contributed by atoms with van der Waals surface area (Å²) in [6.07, 6.45) is -8.49. The topological polar surface area (TPSA) is 79.5 Å². The fraction of sp³-hybridized carbons (Fsp3) is 0.368. The van der Waals surface area contributed by atoms with Crippen molar-refractivity contribution in [2.24, 2.45) is 5.73 Å². The molecule has 0 saturated carbocycles. The molecule has 1 fully saturated rings. The molecule has 2 atom stereocenters. The van der Waals surface area contributed by atoms with Crippen LogP contribution in [0.25, 0.3) is 0 Å². The summed E-state index contributed by atoms with van der Waals surface area (Å²) >= 11 is 0. The first-order chi connectivity index (χ1) is 15.1. The Balaban J connectivity index is 0.000000479.